The first-order chi connectivity index (χ1) is 8.65. The van der Waals surface area contributed by atoms with Crippen molar-refractivity contribution in [3.8, 4) is 0 Å². The molecule has 0 rings (SSSR count). The topological polar surface area (TPSA) is 46.2 Å². The highest BCUT2D eigenvalue weighted by atomic mass is 16.2. The molecule has 0 spiro atoms. The molecule has 0 fully saturated rings. The highest BCUT2D eigenvalue weighted by Gasteiger charge is 2.17. The van der Waals surface area contributed by atoms with Crippen LogP contribution in [0.4, 0.5) is 0 Å². The van der Waals surface area contributed by atoms with E-state index in [4.69, 9.17) is 0 Å². The molecule has 3 nitrogen and oxygen atoms in total. The van der Waals surface area contributed by atoms with Crippen molar-refractivity contribution in [3.63, 3.8) is 0 Å². The first-order valence-electron chi connectivity index (χ1n) is 7.49. The number of imide groups is 1. The Labute approximate surface area is 112 Å². The predicted molar refractivity (Wildman–Crippen MR) is 75.2 cm³/mol. The van der Waals surface area contributed by atoms with Gasteiger partial charge in [0.1, 0.15) is 0 Å². The molecule has 1 atom stereocenters. The molecule has 0 aromatic carbocycles. The number of hydrogen-bond donors (Lipinski definition) is 1. The van der Waals surface area contributed by atoms with Gasteiger partial charge in [-0.15, -0.1) is 0 Å². The highest BCUT2D eigenvalue weighted by molar-refractivity contribution is 5.96. The fourth-order valence-electron chi connectivity index (χ4n) is 1.99. The van der Waals surface area contributed by atoms with Gasteiger partial charge in [-0.05, 0) is 19.3 Å². The van der Waals surface area contributed by atoms with Gasteiger partial charge in [0.2, 0.25) is 11.8 Å². The summed E-state index contributed by atoms with van der Waals surface area (Å²) in [4.78, 5) is 23.4. The maximum atomic E-state index is 11.8. The molecule has 0 aliphatic heterocycles. The Bertz CT molecular complexity index is 239. The lowest BCUT2D eigenvalue weighted by molar-refractivity contribution is -0.133. The lowest BCUT2D eigenvalue weighted by Crippen LogP contribution is -2.35. The van der Waals surface area contributed by atoms with E-state index in [1.807, 2.05) is 6.92 Å². The fraction of sp³-hybridized carbons (Fsp3) is 0.867. The molecule has 0 aliphatic carbocycles. The molecule has 0 radical (unpaired) electrons. The summed E-state index contributed by atoms with van der Waals surface area (Å²) in [6.45, 7) is 6.26. The molecule has 3 heteroatoms. The Balaban J connectivity index is 3.85. The molecule has 0 aromatic rings. The Kier molecular flexibility index (Phi) is 10.7. The molecule has 0 heterocycles. The van der Waals surface area contributed by atoms with E-state index in [0.29, 0.717) is 6.42 Å². The SMILES string of the molecule is CCCCCCC(=O)NC(=O)C(CC)CCCC. The Hall–Kier alpha value is -0.860. The van der Waals surface area contributed by atoms with Crippen LogP contribution in [-0.4, -0.2) is 11.8 Å². The minimum atomic E-state index is -0.106. The van der Waals surface area contributed by atoms with Crippen LogP contribution in [0, 0.1) is 5.92 Å². The minimum absolute atomic E-state index is 0.00421. The van der Waals surface area contributed by atoms with Crippen LogP contribution in [0.3, 0.4) is 0 Å². The maximum Gasteiger partial charge on any atom is 0.229 e. The number of carbonyl (C=O) groups is 2. The van der Waals surface area contributed by atoms with Crippen LogP contribution in [0.1, 0.15) is 78.6 Å². The summed E-state index contributed by atoms with van der Waals surface area (Å²) in [5.41, 5.74) is 0. The van der Waals surface area contributed by atoms with Crippen LogP contribution in [0.15, 0.2) is 0 Å². The summed E-state index contributed by atoms with van der Waals surface area (Å²) in [5, 5.41) is 2.54. The molecule has 0 aromatic heterocycles. The van der Waals surface area contributed by atoms with Gasteiger partial charge in [-0.1, -0.05) is 52.9 Å². The summed E-state index contributed by atoms with van der Waals surface area (Å²) >= 11 is 0. The van der Waals surface area contributed by atoms with Gasteiger partial charge in [0.15, 0.2) is 0 Å². The summed E-state index contributed by atoms with van der Waals surface area (Å²) in [5.74, 6) is -0.179. The molecule has 1 unspecified atom stereocenters. The molecular weight excluding hydrogens is 226 g/mol. The zero-order valence-electron chi connectivity index (χ0n) is 12.3. The summed E-state index contributed by atoms with van der Waals surface area (Å²) < 4.78 is 0. The van der Waals surface area contributed by atoms with Gasteiger partial charge in [-0.2, -0.15) is 0 Å². The summed E-state index contributed by atoms with van der Waals surface area (Å²) in [7, 11) is 0. The Morgan fingerprint density at radius 1 is 0.944 bits per heavy atom. The van der Waals surface area contributed by atoms with Gasteiger partial charge in [0.05, 0.1) is 0 Å². The zero-order valence-corrected chi connectivity index (χ0v) is 12.3. The second-order valence-corrected chi connectivity index (χ2v) is 4.97. The quantitative estimate of drug-likeness (QED) is 0.603. The van der Waals surface area contributed by atoms with Crippen molar-refractivity contribution >= 4 is 11.8 Å². The maximum absolute atomic E-state index is 11.8. The van der Waals surface area contributed by atoms with E-state index in [1.54, 1.807) is 0 Å². The monoisotopic (exact) mass is 255 g/mol. The second-order valence-electron chi connectivity index (χ2n) is 4.97. The second kappa shape index (κ2) is 11.2. The molecule has 0 saturated carbocycles. The van der Waals surface area contributed by atoms with E-state index in [-0.39, 0.29) is 17.7 Å². The lowest BCUT2D eigenvalue weighted by Gasteiger charge is -2.13. The van der Waals surface area contributed by atoms with E-state index < -0.39 is 0 Å². The first-order valence-corrected chi connectivity index (χ1v) is 7.49. The first kappa shape index (κ1) is 17.1. The summed E-state index contributed by atoms with van der Waals surface area (Å²) in [6.07, 6.45) is 8.62. The molecule has 18 heavy (non-hydrogen) atoms. The van der Waals surface area contributed by atoms with Gasteiger partial charge in [0.25, 0.3) is 0 Å². The van der Waals surface area contributed by atoms with E-state index in [1.165, 1.54) is 0 Å². The van der Waals surface area contributed by atoms with E-state index >= 15 is 0 Å². The molecule has 106 valence electrons. The molecule has 0 saturated heterocycles. The minimum Gasteiger partial charge on any atom is -0.296 e. The third kappa shape index (κ3) is 8.26. The van der Waals surface area contributed by atoms with Gasteiger partial charge in [-0.3, -0.25) is 14.9 Å². The largest absolute Gasteiger partial charge is 0.296 e. The molecule has 0 aliphatic rings. The van der Waals surface area contributed by atoms with Crippen molar-refractivity contribution in [2.75, 3.05) is 0 Å². The summed E-state index contributed by atoms with van der Waals surface area (Å²) in [6, 6.07) is 0. The van der Waals surface area contributed by atoms with Crippen molar-refractivity contribution < 1.29 is 9.59 Å². The van der Waals surface area contributed by atoms with Crippen molar-refractivity contribution in [1.82, 2.24) is 5.32 Å². The van der Waals surface area contributed by atoms with Crippen molar-refractivity contribution in [2.45, 2.75) is 78.6 Å². The van der Waals surface area contributed by atoms with E-state index in [2.05, 4.69) is 19.2 Å². The smallest absolute Gasteiger partial charge is 0.229 e. The van der Waals surface area contributed by atoms with Gasteiger partial charge in [-0.25, -0.2) is 0 Å². The average molecular weight is 255 g/mol. The fourth-order valence-corrected chi connectivity index (χ4v) is 1.99. The number of rotatable bonds is 10. The number of amides is 2. The van der Waals surface area contributed by atoms with Crippen molar-refractivity contribution in [1.29, 1.82) is 0 Å². The van der Waals surface area contributed by atoms with Crippen LogP contribution in [0.2, 0.25) is 0 Å². The van der Waals surface area contributed by atoms with Crippen LogP contribution >= 0.6 is 0 Å². The molecule has 0 bridgehead atoms. The average Bonchev–Trinajstić information content (AvgIpc) is 2.35. The van der Waals surface area contributed by atoms with E-state index in [0.717, 1.165) is 51.4 Å². The number of unbranched alkanes of at least 4 members (excludes halogenated alkanes) is 4. The van der Waals surface area contributed by atoms with Gasteiger partial charge < -0.3 is 0 Å². The van der Waals surface area contributed by atoms with Crippen LogP contribution in [0.25, 0.3) is 0 Å². The van der Waals surface area contributed by atoms with E-state index in [9.17, 15) is 9.59 Å². The third-order valence-corrected chi connectivity index (χ3v) is 3.29. The van der Waals surface area contributed by atoms with Crippen LogP contribution in [0.5, 0.6) is 0 Å². The number of nitrogens with one attached hydrogen (secondary N) is 1. The lowest BCUT2D eigenvalue weighted by atomic mass is 9.98. The normalized spacial score (nSPS) is 12.2. The van der Waals surface area contributed by atoms with Crippen LogP contribution in [-0.2, 0) is 9.59 Å². The van der Waals surface area contributed by atoms with Crippen molar-refractivity contribution in [3.05, 3.63) is 0 Å². The zero-order chi connectivity index (χ0) is 13.8. The number of carbonyl (C=O) groups excluding carboxylic acids is 2. The number of hydrogen-bond acceptors (Lipinski definition) is 2. The van der Waals surface area contributed by atoms with Crippen LogP contribution < -0.4 is 5.32 Å². The molecule has 1 N–H and O–H groups in total. The van der Waals surface area contributed by atoms with Gasteiger partial charge >= 0.3 is 0 Å². The highest BCUT2D eigenvalue weighted by Crippen LogP contribution is 2.12. The third-order valence-electron chi connectivity index (χ3n) is 3.29. The Morgan fingerprint density at radius 2 is 1.61 bits per heavy atom. The molecule has 2 amide bonds. The Morgan fingerprint density at radius 3 is 2.17 bits per heavy atom. The van der Waals surface area contributed by atoms with Gasteiger partial charge in [0, 0.05) is 12.3 Å². The standard InChI is InChI=1S/C15H29NO2/c1-4-7-9-10-12-14(17)16-15(18)13(6-3)11-8-5-2/h13H,4-12H2,1-3H3,(H,16,17,18). The molecular formula is C15H29NO2. The predicted octanol–water partition coefficient (Wildman–Crippen LogP) is 3.82. The van der Waals surface area contributed by atoms with Crippen molar-refractivity contribution in [2.24, 2.45) is 5.92 Å².